The second-order valence-electron chi connectivity index (χ2n) is 8.11. The molecule has 0 aromatic heterocycles. The van der Waals surface area contributed by atoms with Gasteiger partial charge in [-0.1, -0.05) is 48.4 Å². The van der Waals surface area contributed by atoms with Crippen LogP contribution in [0, 0.1) is 0 Å². The number of nitrogen functional groups attached to an aromatic ring is 1. The molecule has 2 heterocycles. The number of anilines is 1. The lowest BCUT2D eigenvalue weighted by atomic mass is 9.81. The fraction of sp³-hybridized carbons (Fsp3) is 0.435. The van der Waals surface area contributed by atoms with Crippen LogP contribution in [0.2, 0.25) is 5.02 Å². The molecule has 3 atom stereocenters. The second kappa shape index (κ2) is 8.64. The number of ether oxygens (including phenoxy) is 1. The van der Waals surface area contributed by atoms with Crippen LogP contribution < -0.4 is 15.8 Å². The number of piperidine rings is 2. The molecule has 2 aromatic carbocycles. The summed E-state index contributed by atoms with van der Waals surface area (Å²) in [6.45, 7) is 0.984. The molecule has 0 saturated carbocycles. The van der Waals surface area contributed by atoms with Crippen LogP contribution in [0.3, 0.4) is 0 Å². The van der Waals surface area contributed by atoms with Gasteiger partial charge in [-0.15, -0.1) is 0 Å². The maximum Gasteiger partial charge on any atom is 0.255 e. The molecule has 2 bridgehead atoms. The Labute approximate surface area is 177 Å². The van der Waals surface area contributed by atoms with Crippen molar-refractivity contribution in [1.29, 1.82) is 0 Å². The van der Waals surface area contributed by atoms with Crippen molar-refractivity contribution in [3.63, 3.8) is 0 Å². The van der Waals surface area contributed by atoms with Gasteiger partial charge in [0, 0.05) is 30.7 Å². The van der Waals surface area contributed by atoms with Gasteiger partial charge in [-0.2, -0.15) is 0 Å². The molecule has 0 spiro atoms. The summed E-state index contributed by atoms with van der Waals surface area (Å²) in [5, 5.41) is 3.59. The van der Waals surface area contributed by atoms with Gasteiger partial charge in [0.25, 0.3) is 5.91 Å². The number of fused-ring (bicyclic) bond motifs is 2. The van der Waals surface area contributed by atoms with E-state index in [4.69, 9.17) is 22.1 Å². The number of nitrogens with one attached hydrogen (secondary N) is 1. The number of benzene rings is 2. The Morgan fingerprint density at radius 3 is 2.55 bits per heavy atom. The zero-order chi connectivity index (χ0) is 20.4. The maximum atomic E-state index is 12.9. The molecule has 3 N–H and O–H groups in total. The summed E-state index contributed by atoms with van der Waals surface area (Å²) in [6, 6.07) is 15.0. The van der Waals surface area contributed by atoms with Crippen LogP contribution in [-0.4, -0.2) is 36.0 Å². The second-order valence-corrected chi connectivity index (χ2v) is 8.52. The summed E-state index contributed by atoms with van der Waals surface area (Å²) in [5.41, 5.74) is 8.04. The first kappa shape index (κ1) is 20.0. The van der Waals surface area contributed by atoms with Crippen molar-refractivity contribution in [3.8, 4) is 5.75 Å². The number of amides is 1. The van der Waals surface area contributed by atoms with Crippen molar-refractivity contribution in [2.45, 2.75) is 56.8 Å². The summed E-state index contributed by atoms with van der Waals surface area (Å²) in [6.07, 6.45) is 5.59. The fourth-order valence-corrected chi connectivity index (χ4v) is 4.99. The van der Waals surface area contributed by atoms with Crippen molar-refractivity contribution >= 4 is 23.2 Å². The number of methoxy groups -OCH3 is 1. The number of rotatable bonds is 5. The molecule has 2 aliphatic rings. The Balaban J connectivity index is 1.45. The van der Waals surface area contributed by atoms with Gasteiger partial charge in [0.05, 0.1) is 23.4 Å². The molecule has 2 saturated heterocycles. The van der Waals surface area contributed by atoms with Gasteiger partial charge in [-0.3, -0.25) is 9.69 Å². The van der Waals surface area contributed by atoms with Gasteiger partial charge in [-0.05, 0) is 37.3 Å². The molecular formula is C23H28ClN3O2. The first-order valence-corrected chi connectivity index (χ1v) is 10.7. The summed E-state index contributed by atoms with van der Waals surface area (Å²) < 4.78 is 5.34. The highest BCUT2D eigenvalue weighted by Crippen LogP contribution is 2.36. The number of hydrogen-bond donors (Lipinski definition) is 2. The molecule has 2 fully saturated rings. The maximum absolute atomic E-state index is 12.9. The predicted molar refractivity (Wildman–Crippen MR) is 116 cm³/mol. The Hall–Kier alpha value is -2.24. The molecule has 1 amide bonds. The van der Waals surface area contributed by atoms with Crippen LogP contribution in [0.25, 0.3) is 0 Å². The van der Waals surface area contributed by atoms with Crippen molar-refractivity contribution in [3.05, 3.63) is 58.6 Å². The van der Waals surface area contributed by atoms with E-state index in [1.165, 1.54) is 31.9 Å². The third-order valence-electron chi connectivity index (χ3n) is 6.23. The quantitative estimate of drug-likeness (QED) is 0.719. The first-order chi connectivity index (χ1) is 14.0. The zero-order valence-corrected chi connectivity index (χ0v) is 17.5. The van der Waals surface area contributed by atoms with Crippen molar-refractivity contribution < 1.29 is 9.53 Å². The summed E-state index contributed by atoms with van der Waals surface area (Å²) in [4.78, 5) is 15.6. The highest BCUT2D eigenvalue weighted by molar-refractivity contribution is 6.33. The average molecular weight is 414 g/mol. The van der Waals surface area contributed by atoms with E-state index >= 15 is 0 Å². The standard InChI is InChI=1S/C23H28ClN3O2/c1-29-22-13-21(25)20(24)12-19(22)23(28)26-16-10-17-8-5-9-18(11-16)27(17)14-15-6-3-2-4-7-15/h2-4,6-7,12-13,16-18H,5,8-11,14,25H2,1H3,(H,26,28)/t16?,17-,18+. The summed E-state index contributed by atoms with van der Waals surface area (Å²) >= 11 is 6.14. The molecule has 2 aromatic rings. The van der Waals surface area contributed by atoms with Crippen LogP contribution >= 0.6 is 11.6 Å². The fourth-order valence-electron chi connectivity index (χ4n) is 4.83. The van der Waals surface area contributed by atoms with Crippen LogP contribution in [0.5, 0.6) is 5.75 Å². The largest absolute Gasteiger partial charge is 0.496 e. The number of carbonyl (C=O) groups is 1. The van der Waals surface area contributed by atoms with Crippen molar-refractivity contribution in [1.82, 2.24) is 10.2 Å². The molecule has 0 radical (unpaired) electrons. The van der Waals surface area contributed by atoms with Gasteiger partial charge >= 0.3 is 0 Å². The molecule has 5 nitrogen and oxygen atoms in total. The van der Waals surface area contributed by atoms with Gasteiger partial charge in [0.15, 0.2) is 0 Å². The van der Waals surface area contributed by atoms with Crippen LogP contribution in [0.4, 0.5) is 5.69 Å². The van der Waals surface area contributed by atoms with E-state index in [1.54, 1.807) is 12.1 Å². The molecule has 2 aliphatic heterocycles. The van der Waals surface area contributed by atoms with E-state index in [9.17, 15) is 4.79 Å². The van der Waals surface area contributed by atoms with Crippen molar-refractivity contribution in [2.24, 2.45) is 0 Å². The molecule has 6 heteroatoms. The number of nitrogens with two attached hydrogens (primary N) is 1. The van der Waals surface area contributed by atoms with Gasteiger partial charge < -0.3 is 15.8 Å². The van der Waals surface area contributed by atoms with E-state index in [2.05, 4.69) is 40.5 Å². The average Bonchev–Trinajstić information content (AvgIpc) is 2.71. The number of hydrogen-bond acceptors (Lipinski definition) is 4. The van der Waals surface area contributed by atoms with Gasteiger partial charge in [-0.25, -0.2) is 0 Å². The van der Waals surface area contributed by atoms with E-state index in [0.717, 1.165) is 19.4 Å². The Morgan fingerprint density at radius 2 is 1.90 bits per heavy atom. The van der Waals surface area contributed by atoms with Crippen LogP contribution in [0.15, 0.2) is 42.5 Å². The molecule has 0 aliphatic carbocycles. The third-order valence-corrected chi connectivity index (χ3v) is 6.56. The minimum atomic E-state index is -0.150. The minimum absolute atomic E-state index is 0.150. The monoisotopic (exact) mass is 413 g/mol. The van der Waals surface area contributed by atoms with Crippen molar-refractivity contribution in [2.75, 3.05) is 12.8 Å². The lowest BCUT2D eigenvalue weighted by Gasteiger charge is -2.49. The van der Waals surface area contributed by atoms with E-state index < -0.39 is 0 Å². The molecule has 154 valence electrons. The molecule has 4 rings (SSSR count). The van der Waals surface area contributed by atoms with E-state index in [-0.39, 0.29) is 11.9 Å². The lowest BCUT2D eigenvalue weighted by molar-refractivity contribution is 0.0177. The topological polar surface area (TPSA) is 67.6 Å². The van der Waals surface area contributed by atoms with Crippen LogP contribution in [-0.2, 0) is 6.54 Å². The highest BCUT2D eigenvalue weighted by Gasteiger charge is 2.38. The molecule has 1 unspecified atom stereocenters. The summed E-state index contributed by atoms with van der Waals surface area (Å²) in [5.74, 6) is 0.300. The molecular weight excluding hydrogens is 386 g/mol. The third kappa shape index (κ3) is 4.36. The van der Waals surface area contributed by atoms with Gasteiger partial charge in [0.1, 0.15) is 5.75 Å². The first-order valence-electron chi connectivity index (χ1n) is 10.3. The Bertz CT molecular complexity index is 860. The predicted octanol–water partition coefficient (Wildman–Crippen LogP) is 4.25. The smallest absolute Gasteiger partial charge is 0.255 e. The SMILES string of the molecule is COc1cc(N)c(Cl)cc1C(=O)NC1C[C@H]2CCC[C@@H](C1)N2Cc1ccccc1. The highest BCUT2D eigenvalue weighted by atomic mass is 35.5. The number of nitrogens with zero attached hydrogens (tertiary/aromatic N) is 1. The van der Waals surface area contributed by atoms with E-state index in [1.807, 2.05) is 0 Å². The lowest BCUT2D eigenvalue weighted by Crippen LogP contribution is -2.56. The summed E-state index contributed by atoms with van der Waals surface area (Å²) in [7, 11) is 1.53. The van der Waals surface area contributed by atoms with Gasteiger partial charge in [0.2, 0.25) is 0 Å². The number of carbonyl (C=O) groups excluding carboxylic acids is 1. The molecule has 29 heavy (non-hydrogen) atoms. The Kier molecular flexibility index (Phi) is 5.97. The zero-order valence-electron chi connectivity index (χ0n) is 16.7. The van der Waals surface area contributed by atoms with E-state index in [0.29, 0.717) is 34.1 Å². The Morgan fingerprint density at radius 1 is 1.21 bits per heavy atom. The normalized spacial score (nSPS) is 24.1. The van der Waals surface area contributed by atoms with Crippen LogP contribution in [0.1, 0.15) is 48.0 Å². The minimum Gasteiger partial charge on any atom is -0.496 e. The number of halogens is 1.